The molecule has 1 aliphatic carbocycles. The lowest BCUT2D eigenvalue weighted by Gasteiger charge is -2.31. The molecule has 1 heterocycles. The molecule has 0 bridgehead atoms. The maximum absolute atomic E-state index is 12.7. The zero-order valence-corrected chi connectivity index (χ0v) is 16.5. The van der Waals surface area contributed by atoms with E-state index < -0.39 is 10.0 Å². The van der Waals surface area contributed by atoms with Crippen LogP contribution in [0.2, 0.25) is 0 Å². The number of hydrogen-bond acceptors (Lipinski definition) is 4. The topological polar surface area (TPSA) is 69.7 Å². The van der Waals surface area contributed by atoms with Gasteiger partial charge >= 0.3 is 0 Å². The lowest BCUT2D eigenvalue weighted by molar-refractivity contribution is 0.0910. The van der Waals surface area contributed by atoms with E-state index in [-0.39, 0.29) is 16.8 Å². The van der Waals surface area contributed by atoms with Crippen LogP contribution in [-0.4, -0.2) is 62.8 Å². The molecule has 2 atom stereocenters. The van der Waals surface area contributed by atoms with E-state index in [9.17, 15) is 13.2 Å². The molecule has 1 aromatic carbocycles. The number of piperazine rings is 1. The Bertz CT molecular complexity index is 725. The molecule has 1 saturated carbocycles. The molecule has 1 aliphatic heterocycles. The van der Waals surface area contributed by atoms with Crippen LogP contribution in [0.3, 0.4) is 0 Å². The predicted octanol–water partition coefficient (Wildman–Crippen LogP) is 1.93. The first-order valence-corrected chi connectivity index (χ1v) is 10.9. The van der Waals surface area contributed by atoms with Crippen molar-refractivity contribution in [1.29, 1.82) is 0 Å². The molecule has 0 aromatic heterocycles. The molecule has 0 unspecified atom stereocenters. The summed E-state index contributed by atoms with van der Waals surface area (Å²) in [6, 6.07) is 6.54. The summed E-state index contributed by atoms with van der Waals surface area (Å²) in [5.41, 5.74) is 0.514. The van der Waals surface area contributed by atoms with Crippen LogP contribution in [0.15, 0.2) is 29.2 Å². The number of nitrogens with zero attached hydrogens (tertiary/aromatic N) is 2. The van der Waals surface area contributed by atoms with Crippen molar-refractivity contribution in [2.45, 2.75) is 43.5 Å². The van der Waals surface area contributed by atoms with Gasteiger partial charge in [0.1, 0.15) is 0 Å². The Hall–Kier alpha value is -1.44. The van der Waals surface area contributed by atoms with Gasteiger partial charge in [0.15, 0.2) is 0 Å². The fraction of sp³-hybridized carbons (Fsp3) is 0.632. The van der Waals surface area contributed by atoms with Gasteiger partial charge in [-0.1, -0.05) is 19.8 Å². The zero-order chi connectivity index (χ0) is 18.7. The van der Waals surface area contributed by atoms with Crippen molar-refractivity contribution in [3.8, 4) is 0 Å². The highest BCUT2D eigenvalue weighted by atomic mass is 32.2. The summed E-state index contributed by atoms with van der Waals surface area (Å²) < 4.78 is 27.0. The van der Waals surface area contributed by atoms with Gasteiger partial charge < -0.3 is 10.2 Å². The Morgan fingerprint density at radius 2 is 1.65 bits per heavy atom. The van der Waals surface area contributed by atoms with Crippen molar-refractivity contribution in [3.63, 3.8) is 0 Å². The zero-order valence-electron chi connectivity index (χ0n) is 15.6. The van der Waals surface area contributed by atoms with E-state index in [2.05, 4.69) is 17.1 Å². The van der Waals surface area contributed by atoms with Gasteiger partial charge in [0.2, 0.25) is 10.0 Å². The summed E-state index contributed by atoms with van der Waals surface area (Å²) in [5, 5.41) is 3.11. The summed E-state index contributed by atoms with van der Waals surface area (Å²) >= 11 is 0. The van der Waals surface area contributed by atoms with Crippen molar-refractivity contribution in [2.75, 3.05) is 33.2 Å². The highest BCUT2D eigenvalue weighted by Gasteiger charge is 2.28. The normalized spacial score (nSPS) is 25.8. The van der Waals surface area contributed by atoms with Gasteiger partial charge in [-0.25, -0.2) is 8.42 Å². The molecule has 0 radical (unpaired) electrons. The van der Waals surface area contributed by atoms with Crippen molar-refractivity contribution >= 4 is 15.9 Å². The minimum Gasteiger partial charge on any atom is -0.349 e. The fourth-order valence-corrected chi connectivity index (χ4v) is 5.16. The Morgan fingerprint density at radius 3 is 2.27 bits per heavy atom. The van der Waals surface area contributed by atoms with Gasteiger partial charge in [0.05, 0.1) is 4.90 Å². The third-order valence-electron chi connectivity index (χ3n) is 5.64. The smallest absolute Gasteiger partial charge is 0.251 e. The second-order valence-electron chi connectivity index (χ2n) is 7.57. The standard InChI is InChI=1S/C19H29N3O3S/c1-15-5-3-4-6-18(15)20-19(23)16-7-9-17(10-8-16)26(24,25)22-13-11-21(2)12-14-22/h7-10,15,18H,3-6,11-14H2,1-2H3,(H,20,23)/t15-,18-/m1/s1. The Balaban J connectivity index is 1.66. The van der Waals surface area contributed by atoms with Gasteiger partial charge in [-0.15, -0.1) is 0 Å². The molecular weight excluding hydrogens is 350 g/mol. The second-order valence-corrected chi connectivity index (χ2v) is 9.51. The quantitative estimate of drug-likeness (QED) is 0.868. The average Bonchev–Trinajstić information content (AvgIpc) is 2.64. The lowest BCUT2D eigenvalue weighted by atomic mass is 9.86. The largest absolute Gasteiger partial charge is 0.349 e. The molecule has 7 heteroatoms. The maximum atomic E-state index is 12.7. The number of rotatable bonds is 4. The van der Waals surface area contributed by atoms with E-state index in [1.807, 2.05) is 7.05 Å². The van der Waals surface area contributed by atoms with Crippen LogP contribution < -0.4 is 5.32 Å². The van der Waals surface area contributed by atoms with Crippen molar-refractivity contribution < 1.29 is 13.2 Å². The first kappa shape index (κ1) is 19.3. The van der Waals surface area contributed by atoms with Gasteiger partial charge in [-0.2, -0.15) is 4.31 Å². The van der Waals surface area contributed by atoms with E-state index in [0.717, 1.165) is 32.4 Å². The van der Waals surface area contributed by atoms with E-state index in [1.54, 1.807) is 24.3 Å². The molecular formula is C19H29N3O3S. The molecule has 2 aliphatic rings. The maximum Gasteiger partial charge on any atom is 0.251 e. The first-order chi connectivity index (χ1) is 12.4. The third kappa shape index (κ3) is 4.27. The predicted molar refractivity (Wildman–Crippen MR) is 102 cm³/mol. The molecule has 1 saturated heterocycles. The summed E-state index contributed by atoms with van der Waals surface area (Å²) in [6.07, 6.45) is 4.54. The summed E-state index contributed by atoms with van der Waals surface area (Å²) in [5.74, 6) is 0.372. The molecule has 26 heavy (non-hydrogen) atoms. The van der Waals surface area contributed by atoms with Gasteiger partial charge in [0.25, 0.3) is 5.91 Å². The van der Waals surface area contributed by atoms with Gasteiger partial charge in [-0.3, -0.25) is 4.79 Å². The van der Waals surface area contributed by atoms with Crippen molar-refractivity contribution in [3.05, 3.63) is 29.8 Å². The first-order valence-electron chi connectivity index (χ1n) is 9.47. The van der Waals surface area contributed by atoms with E-state index in [1.165, 1.54) is 10.7 Å². The summed E-state index contributed by atoms with van der Waals surface area (Å²) in [6.45, 7) is 4.65. The monoisotopic (exact) mass is 379 g/mol. The SMILES string of the molecule is C[C@@H]1CCCC[C@H]1NC(=O)c1ccc(S(=O)(=O)N2CCN(C)CC2)cc1. The molecule has 1 aromatic rings. The van der Waals surface area contributed by atoms with Crippen LogP contribution in [-0.2, 0) is 10.0 Å². The van der Waals surface area contributed by atoms with Crippen LogP contribution in [0, 0.1) is 5.92 Å². The highest BCUT2D eigenvalue weighted by molar-refractivity contribution is 7.89. The Morgan fingerprint density at radius 1 is 1.04 bits per heavy atom. The van der Waals surface area contributed by atoms with E-state index in [4.69, 9.17) is 0 Å². The number of amides is 1. The molecule has 6 nitrogen and oxygen atoms in total. The summed E-state index contributed by atoms with van der Waals surface area (Å²) in [4.78, 5) is 14.9. The van der Waals surface area contributed by atoms with Crippen LogP contribution in [0.25, 0.3) is 0 Å². The van der Waals surface area contributed by atoms with E-state index in [0.29, 0.717) is 24.6 Å². The van der Waals surface area contributed by atoms with Crippen molar-refractivity contribution in [2.24, 2.45) is 5.92 Å². The third-order valence-corrected chi connectivity index (χ3v) is 7.56. The number of carbonyl (C=O) groups excluding carboxylic acids is 1. The molecule has 0 spiro atoms. The van der Waals surface area contributed by atoms with Crippen LogP contribution >= 0.6 is 0 Å². The Kier molecular flexibility index (Phi) is 5.99. The van der Waals surface area contributed by atoms with Crippen LogP contribution in [0.4, 0.5) is 0 Å². The van der Waals surface area contributed by atoms with Gasteiger partial charge in [-0.05, 0) is 50.1 Å². The molecule has 3 rings (SSSR count). The van der Waals surface area contributed by atoms with Crippen molar-refractivity contribution in [1.82, 2.24) is 14.5 Å². The number of benzene rings is 1. The number of nitrogens with one attached hydrogen (secondary N) is 1. The Labute approximate surface area is 156 Å². The molecule has 144 valence electrons. The number of likely N-dealkylation sites (N-methyl/N-ethyl adjacent to an activating group) is 1. The van der Waals surface area contributed by atoms with E-state index >= 15 is 0 Å². The number of sulfonamides is 1. The number of hydrogen-bond donors (Lipinski definition) is 1. The number of carbonyl (C=O) groups is 1. The summed E-state index contributed by atoms with van der Waals surface area (Å²) in [7, 11) is -1.50. The molecule has 1 N–H and O–H groups in total. The van der Waals surface area contributed by atoms with Gasteiger partial charge in [0, 0.05) is 37.8 Å². The minimum atomic E-state index is -3.49. The average molecular weight is 380 g/mol. The second kappa shape index (κ2) is 8.06. The van der Waals surface area contributed by atoms with Crippen LogP contribution in [0.5, 0.6) is 0 Å². The fourth-order valence-electron chi connectivity index (χ4n) is 3.74. The lowest BCUT2D eigenvalue weighted by Crippen LogP contribution is -2.47. The minimum absolute atomic E-state index is 0.118. The molecule has 2 fully saturated rings. The van der Waals surface area contributed by atoms with Crippen LogP contribution in [0.1, 0.15) is 43.0 Å². The molecule has 1 amide bonds. The highest BCUT2D eigenvalue weighted by Crippen LogP contribution is 2.24.